The highest BCUT2D eigenvalue weighted by atomic mass is 16.1. The highest BCUT2D eigenvalue weighted by Crippen LogP contribution is 2.21. The molecule has 0 aromatic heterocycles. The highest BCUT2D eigenvalue weighted by Gasteiger charge is 2.22. The van der Waals surface area contributed by atoms with E-state index in [1.165, 1.54) is 11.1 Å². The Hall–Kier alpha value is -1.61. The molecule has 3 nitrogen and oxygen atoms in total. The maximum Gasteiger partial charge on any atom is 0.223 e. The number of hydrogen-bond acceptors (Lipinski definition) is 2. The average Bonchev–Trinajstić information content (AvgIpc) is 2.59. The van der Waals surface area contributed by atoms with Crippen molar-refractivity contribution < 1.29 is 4.79 Å². The molecule has 1 aliphatic carbocycles. The Labute approximate surface area is 133 Å². The maximum atomic E-state index is 12.2. The van der Waals surface area contributed by atoms with Crippen molar-refractivity contribution in [3.05, 3.63) is 47.5 Å². The van der Waals surface area contributed by atoms with Crippen LogP contribution in [0.15, 0.2) is 36.4 Å². The van der Waals surface area contributed by atoms with E-state index in [2.05, 4.69) is 53.6 Å². The number of fused-ring (bicyclic) bond motifs is 1. The summed E-state index contributed by atoms with van der Waals surface area (Å²) in [6.45, 7) is 5.05. The molecule has 1 heterocycles. The molecule has 0 radical (unpaired) electrons. The zero-order chi connectivity index (χ0) is 15.4. The number of rotatable bonds is 4. The molecule has 1 aromatic carbocycles. The second kappa shape index (κ2) is 7.10. The summed E-state index contributed by atoms with van der Waals surface area (Å²) in [5.74, 6) is 0.410. The Morgan fingerprint density at radius 1 is 1.32 bits per heavy atom. The van der Waals surface area contributed by atoms with Crippen LogP contribution in [0, 0.1) is 5.92 Å². The topological polar surface area (TPSA) is 32.3 Å². The summed E-state index contributed by atoms with van der Waals surface area (Å²) in [6.07, 6.45) is 8.36. The molecule has 118 valence electrons. The van der Waals surface area contributed by atoms with Crippen LogP contribution in [0.1, 0.15) is 37.3 Å². The van der Waals surface area contributed by atoms with Crippen molar-refractivity contribution in [2.24, 2.45) is 5.92 Å². The summed E-state index contributed by atoms with van der Waals surface area (Å²) in [7, 11) is 0. The fraction of sp³-hybridized carbons (Fsp3) is 0.526. The van der Waals surface area contributed by atoms with E-state index < -0.39 is 0 Å². The minimum atomic E-state index is 0.180. The summed E-state index contributed by atoms with van der Waals surface area (Å²) < 4.78 is 0. The van der Waals surface area contributed by atoms with Gasteiger partial charge in [0.1, 0.15) is 0 Å². The molecule has 1 aliphatic heterocycles. The van der Waals surface area contributed by atoms with Gasteiger partial charge in [0.15, 0.2) is 0 Å². The summed E-state index contributed by atoms with van der Waals surface area (Å²) >= 11 is 0. The van der Waals surface area contributed by atoms with E-state index in [1.807, 2.05) is 0 Å². The van der Waals surface area contributed by atoms with Gasteiger partial charge in [-0.15, -0.1) is 0 Å². The molecule has 0 bridgehead atoms. The van der Waals surface area contributed by atoms with Crippen LogP contribution in [-0.2, 0) is 17.8 Å². The normalized spacial score (nSPS) is 22.9. The number of hydrogen-bond donors (Lipinski definition) is 1. The molecule has 0 unspecified atom stereocenters. The number of nitrogens with zero attached hydrogens (tertiary/aromatic N) is 1. The van der Waals surface area contributed by atoms with E-state index in [0.717, 1.165) is 45.3 Å². The lowest BCUT2D eigenvalue weighted by Gasteiger charge is -2.34. The molecule has 0 fully saturated rings. The van der Waals surface area contributed by atoms with Gasteiger partial charge in [0.05, 0.1) is 0 Å². The lowest BCUT2D eigenvalue weighted by Crippen LogP contribution is -2.45. The predicted molar refractivity (Wildman–Crippen MR) is 89.5 cm³/mol. The Bertz CT molecular complexity index is 552. The lowest BCUT2D eigenvalue weighted by molar-refractivity contribution is -0.125. The zero-order valence-corrected chi connectivity index (χ0v) is 13.4. The number of nitrogens with one attached hydrogen (secondary N) is 1. The van der Waals surface area contributed by atoms with Gasteiger partial charge in [0, 0.05) is 31.6 Å². The highest BCUT2D eigenvalue weighted by molar-refractivity contribution is 5.79. The molecule has 1 amide bonds. The molecule has 3 heteroatoms. The average molecular weight is 298 g/mol. The van der Waals surface area contributed by atoms with Crippen molar-refractivity contribution in [1.82, 2.24) is 10.2 Å². The molecule has 22 heavy (non-hydrogen) atoms. The molecular weight excluding hydrogens is 272 g/mol. The summed E-state index contributed by atoms with van der Waals surface area (Å²) in [5.41, 5.74) is 2.91. The number of amides is 1. The monoisotopic (exact) mass is 298 g/mol. The Kier molecular flexibility index (Phi) is 4.94. The maximum absolute atomic E-state index is 12.2. The van der Waals surface area contributed by atoms with Crippen molar-refractivity contribution in [1.29, 1.82) is 0 Å². The fourth-order valence-electron chi connectivity index (χ4n) is 3.45. The first-order chi connectivity index (χ1) is 10.7. The van der Waals surface area contributed by atoms with Gasteiger partial charge in [-0.1, -0.05) is 36.4 Å². The van der Waals surface area contributed by atoms with Crippen molar-refractivity contribution in [3.63, 3.8) is 0 Å². The fourth-order valence-corrected chi connectivity index (χ4v) is 3.45. The predicted octanol–water partition coefficient (Wildman–Crippen LogP) is 2.91. The zero-order valence-electron chi connectivity index (χ0n) is 13.4. The van der Waals surface area contributed by atoms with E-state index in [9.17, 15) is 4.79 Å². The van der Waals surface area contributed by atoms with Crippen molar-refractivity contribution >= 4 is 5.91 Å². The molecule has 1 N–H and O–H groups in total. The second-order valence-electron chi connectivity index (χ2n) is 6.56. The number of carbonyl (C=O) groups excluding carboxylic acids is 1. The van der Waals surface area contributed by atoms with E-state index in [0.29, 0.717) is 6.04 Å². The minimum Gasteiger partial charge on any atom is -0.354 e. The van der Waals surface area contributed by atoms with Crippen molar-refractivity contribution in [2.75, 3.05) is 13.1 Å². The van der Waals surface area contributed by atoms with Crippen molar-refractivity contribution in [2.45, 2.75) is 45.2 Å². The van der Waals surface area contributed by atoms with Gasteiger partial charge < -0.3 is 5.32 Å². The second-order valence-corrected chi connectivity index (χ2v) is 6.56. The first-order valence-electron chi connectivity index (χ1n) is 8.47. The Balaban J connectivity index is 1.49. The first kappa shape index (κ1) is 15.3. The van der Waals surface area contributed by atoms with E-state index in [-0.39, 0.29) is 11.8 Å². The van der Waals surface area contributed by atoms with Gasteiger partial charge in [0.25, 0.3) is 0 Å². The molecule has 0 spiro atoms. The SMILES string of the molecule is C[C@H](CNC(=O)[C@@H]1CC=CCC1)N1CCc2ccccc2C1. The molecule has 0 saturated carbocycles. The quantitative estimate of drug-likeness (QED) is 0.867. The van der Waals surface area contributed by atoms with Gasteiger partial charge in [-0.25, -0.2) is 0 Å². The summed E-state index contributed by atoms with van der Waals surface area (Å²) in [4.78, 5) is 14.7. The molecule has 1 aromatic rings. The number of carbonyl (C=O) groups is 1. The first-order valence-corrected chi connectivity index (χ1v) is 8.47. The van der Waals surface area contributed by atoms with Crippen LogP contribution in [0.3, 0.4) is 0 Å². The molecule has 0 saturated heterocycles. The third-order valence-corrected chi connectivity index (χ3v) is 5.00. The number of allylic oxidation sites excluding steroid dienone is 2. The van der Waals surface area contributed by atoms with Crippen molar-refractivity contribution in [3.8, 4) is 0 Å². The van der Waals surface area contributed by atoms with Gasteiger partial charge in [-0.2, -0.15) is 0 Å². The molecule has 2 aliphatic rings. The summed E-state index contributed by atoms with van der Waals surface area (Å²) in [5, 5.41) is 3.16. The largest absolute Gasteiger partial charge is 0.354 e. The van der Waals surface area contributed by atoms with Gasteiger partial charge in [0.2, 0.25) is 5.91 Å². The van der Waals surface area contributed by atoms with Gasteiger partial charge in [-0.3, -0.25) is 9.69 Å². The van der Waals surface area contributed by atoms with Crippen LogP contribution >= 0.6 is 0 Å². The number of benzene rings is 1. The third-order valence-electron chi connectivity index (χ3n) is 5.00. The van der Waals surface area contributed by atoms with Gasteiger partial charge >= 0.3 is 0 Å². The van der Waals surface area contributed by atoms with Crippen LogP contribution in [0.4, 0.5) is 0 Å². The molecule has 2 atom stereocenters. The standard InChI is InChI=1S/C19H26N2O/c1-15(13-20-19(22)17-8-3-2-4-9-17)21-12-11-16-7-5-6-10-18(16)14-21/h2-3,5-7,10,15,17H,4,8-9,11-14H2,1H3,(H,20,22)/t15-,17-/m1/s1. The smallest absolute Gasteiger partial charge is 0.223 e. The molecule has 3 rings (SSSR count). The van der Waals surface area contributed by atoms with Crippen LogP contribution < -0.4 is 5.32 Å². The van der Waals surface area contributed by atoms with Crippen LogP contribution in [0.5, 0.6) is 0 Å². The summed E-state index contributed by atoms with van der Waals surface area (Å²) in [6, 6.07) is 9.08. The Morgan fingerprint density at radius 2 is 2.14 bits per heavy atom. The van der Waals surface area contributed by atoms with Crippen LogP contribution in [0.25, 0.3) is 0 Å². The van der Waals surface area contributed by atoms with Crippen LogP contribution in [0.2, 0.25) is 0 Å². The Morgan fingerprint density at radius 3 is 2.91 bits per heavy atom. The third kappa shape index (κ3) is 3.58. The van der Waals surface area contributed by atoms with E-state index >= 15 is 0 Å². The van der Waals surface area contributed by atoms with E-state index in [4.69, 9.17) is 0 Å². The molecular formula is C19H26N2O. The lowest BCUT2D eigenvalue weighted by atomic mass is 9.93. The van der Waals surface area contributed by atoms with Crippen LogP contribution in [-0.4, -0.2) is 29.9 Å². The minimum absolute atomic E-state index is 0.180. The van der Waals surface area contributed by atoms with E-state index in [1.54, 1.807) is 0 Å². The van der Waals surface area contributed by atoms with Gasteiger partial charge in [-0.05, 0) is 43.7 Å².